The third-order valence-electron chi connectivity index (χ3n) is 3.05. The van der Waals surface area contributed by atoms with Gasteiger partial charge in [-0.05, 0) is 26.7 Å². The maximum absolute atomic E-state index is 12.0. The van der Waals surface area contributed by atoms with Crippen molar-refractivity contribution in [3.05, 3.63) is 0 Å². The average molecular weight is 277 g/mol. The van der Waals surface area contributed by atoms with Crippen LogP contribution in [0.1, 0.15) is 33.1 Å². The molecule has 0 aromatic rings. The van der Waals surface area contributed by atoms with Gasteiger partial charge in [0.2, 0.25) is 5.91 Å². The highest BCUT2D eigenvalue weighted by molar-refractivity contribution is 7.92. The van der Waals surface area contributed by atoms with E-state index in [2.05, 4.69) is 10.5 Å². The van der Waals surface area contributed by atoms with Crippen molar-refractivity contribution in [2.24, 2.45) is 10.9 Å². The number of nitrogens with zero attached hydrogens (tertiary/aromatic N) is 1. The number of oxime groups is 1. The maximum atomic E-state index is 12.0. The highest BCUT2D eigenvalue weighted by Crippen LogP contribution is 2.20. The van der Waals surface area contributed by atoms with Gasteiger partial charge < -0.3 is 16.3 Å². The SMILES string of the molecule is CC(C)(NC(=O)C1CCCCS1(=O)=O)C(N)=NO. The number of rotatable bonds is 3. The summed E-state index contributed by atoms with van der Waals surface area (Å²) in [5.74, 6) is -0.731. The van der Waals surface area contributed by atoms with E-state index in [1.54, 1.807) is 0 Å². The van der Waals surface area contributed by atoms with Gasteiger partial charge in [-0.2, -0.15) is 0 Å². The lowest BCUT2D eigenvalue weighted by atomic mass is 10.0. The first-order valence-electron chi connectivity index (χ1n) is 5.72. The smallest absolute Gasteiger partial charge is 0.239 e. The van der Waals surface area contributed by atoms with Crippen LogP contribution < -0.4 is 11.1 Å². The molecule has 0 spiro atoms. The van der Waals surface area contributed by atoms with E-state index in [0.29, 0.717) is 19.3 Å². The van der Waals surface area contributed by atoms with Crippen molar-refractivity contribution in [1.82, 2.24) is 5.32 Å². The van der Waals surface area contributed by atoms with Gasteiger partial charge in [-0.15, -0.1) is 0 Å². The molecule has 104 valence electrons. The molecule has 4 N–H and O–H groups in total. The Morgan fingerprint density at radius 1 is 1.44 bits per heavy atom. The van der Waals surface area contributed by atoms with Crippen molar-refractivity contribution < 1.29 is 18.4 Å². The van der Waals surface area contributed by atoms with Gasteiger partial charge in [0.1, 0.15) is 5.25 Å². The standard InChI is InChI=1S/C10H19N3O4S/c1-10(2,9(11)13-15)12-8(14)7-5-3-4-6-18(7,16)17/h7,15H,3-6H2,1-2H3,(H2,11,13)(H,12,14). The van der Waals surface area contributed by atoms with E-state index < -0.39 is 26.5 Å². The highest BCUT2D eigenvalue weighted by Gasteiger charge is 2.37. The number of sulfone groups is 1. The Kier molecular flexibility index (Phi) is 4.20. The summed E-state index contributed by atoms with van der Waals surface area (Å²) < 4.78 is 23.6. The molecule has 18 heavy (non-hydrogen) atoms. The Bertz CT molecular complexity index is 456. The summed E-state index contributed by atoms with van der Waals surface area (Å²) in [5, 5.41) is 12.9. The van der Waals surface area contributed by atoms with Gasteiger partial charge in [0.05, 0.1) is 11.3 Å². The molecule has 8 heteroatoms. The van der Waals surface area contributed by atoms with E-state index in [9.17, 15) is 13.2 Å². The minimum Gasteiger partial charge on any atom is -0.409 e. The van der Waals surface area contributed by atoms with Crippen LogP contribution in [0, 0.1) is 0 Å². The zero-order valence-corrected chi connectivity index (χ0v) is 11.3. The molecule has 0 aromatic carbocycles. The molecule has 0 aliphatic carbocycles. The summed E-state index contributed by atoms with van der Waals surface area (Å²) in [6.45, 7) is 3.07. The summed E-state index contributed by atoms with van der Waals surface area (Å²) in [7, 11) is -3.38. The Labute approximate surface area is 106 Å². The van der Waals surface area contributed by atoms with E-state index in [4.69, 9.17) is 10.9 Å². The first-order chi connectivity index (χ1) is 8.20. The monoisotopic (exact) mass is 277 g/mol. The molecule has 1 aliphatic heterocycles. The predicted molar refractivity (Wildman–Crippen MR) is 67.1 cm³/mol. The Balaban J connectivity index is 2.83. The Morgan fingerprint density at radius 2 is 2.06 bits per heavy atom. The molecule has 1 unspecified atom stereocenters. The van der Waals surface area contributed by atoms with Gasteiger partial charge in [-0.1, -0.05) is 11.6 Å². The van der Waals surface area contributed by atoms with Crippen LogP contribution in [-0.2, 0) is 14.6 Å². The van der Waals surface area contributed by atoms with Gasteiger partial charge in [-0.25, -0.2) is 8.42 Å². The summed E-state index contributed by atoms with van der Waals surface area (Å²) in [6.07, 6.45) is 1.62. The van der Waals surface area contributed by atoms with Crippen LogP contribution in [0.15, 0.2) is 5.16 Å². The van der Waals surface area contributed by atoms with Crippen LogP contribution >= 0.6 is 0 Å². The predicted octanol–water partition coefficient (Wildman–Crippen LogP) is -0.405. The van der Waals surface area contributed by atoms with Gasteiger partial charge in [0.15, 0.2) is 15.7 Å². The molecule has 7 nitrogen and oxygen atoms in total. The lowest BCUT2D eigenvalue weighted by Crippen LogP contribution is -2.57. The van der Waals surface area contributed by atoms with Gasteiger partial charge in [-0.3, -0.25) is 4.79 Å². The minimum atomic E-state index is -3.38. The molecule has 0 saturated carbocycles. The molecule has 0 aromatic heterocycles. The van der Waals surface area contributed by atoms with Crippen molar-refractivity contribution in [2.45, 2.75) is 43.9 Å². The zero-order valence-electron chi connectivity index (χ0n) is 10.5. The fourth-order valence-corrected chi connectivity index (χ4v) is 3.63. The van der Waals surface area contributed by atoms with Gasteiger partial charge >= 0.3 is 0 Å². The van der Waals surface area contributed by atoms with E-state index in [-0.39, 0.29) is 11.6 Å². The second-order valence-electron chi connectivity index (χ2n) is 4.95. The van der Waals surface area contributed by atoms with Gasteiger partial charge in [0, 0.05) is 0 Å². The lowest BCUT2D eigenvalue weighted by molar-refractivity contribution is -0.121. The second-order valence-corrected chi connectivity index (χ2v) is 7.25. The Hall–Kier alpha value is -1.31. The third-order valence-corrected chi connectivity index (χ3v) is 5.23. The first-order valence-corrected chi connectivity index (χ1v) is 7.44. The molecule has 0 radical (unpaired) electrons. The normalized spacial score (nSPS) is 24.6. The summed E-state index contributed by atoms with van der Waals surface area (Å²) in [4.78, 5) is 12.0. The highest BCUT2D eigenvalue weighted by atomic mass is 32.2. The number of nitrogens with two attached hydrogens (primary N) is 1. The van der Waals surface area contributed by atoms with Crippen LogP contribution in [0.5, 0.6) is 0 Å². The molecule has 1 rings (SSSR count). The zero-order chi connectivity index (χ0) is 14.0. The Morgan fingerprint density at radius 3 is 2.56 bits per heavy atom. The number of carbonyl (C=O) groups excluding carboxylic acids is 1. The molecule has 1 amide bonds. The fourth-order valence-electron chi connectivity index (χ4n) is 1.83. The molecular weight excluding hydrogens is 258 g/mol. The average Bonchev–Trinajstić information content (AvgIpc) is 2.26. The van der Waals surface area contributed by atoms with Crippen LogP contribution in [0.25, 0.3) is 0 Å². The van der Waals surface area contributed by atoms with E-state index in [1.807, 2.05) is 0 Å². The van der Waals surface area contributed by atoms with Crippen molar-refractivity contribution in [3.63, 3.8) is 0 Å². The van der Waals surface area contributed by atoms with E-state index >= 15 is 0 Å². The second kappa shape index (κ2) is 5.13. The number of nitrogens with one attached hydrogen (secondary N) is 1. The molecule has 1 aliphatic rings. The fraction of sp³-hybridized carbons (Fsp3) is 0.800. The van der Waals surface area contributed by atoms with Crippen LogP contribution in [-0.4, -0.2) is 41.9 Å². The van der Waals surface area contributed by atoms with Crippen LogP contribution in [0.4, 0.5) is 0 Å². The quantitative estimate of drug-likeness (QED) is 0.280. The number of carbonyl (C=O) groups is 1. The van der Waals surface area contributed by atoms with Crippen molar-refractivity contribution in [1.29, 1.82) is 0 Å². The molecule has 1 atom stereocenters. The number of amidine groups is 1. The topological polar surface area (TPSA) is 122 Å². The molecule has 1 heterocycles. The number of hydrogen-bond donors (Lipinski definition) is 3. The molecular formula is C10H19N3O4S. The van der Waals surface area contributed by atoms with Crippen LogP contribution in [0.2, 0.25) is 0 Å². The third kappa shape index (κ3) is 3.12. The minimum absolute atomic E-state index is 0.0368. The molecule has 0 bridgehead atoms. The van der Waals surface area contributed by atoms with Gasteiger partial charge in [0.25, 0.3) is 0 Å². The summed E-state index contributed by atoms with van der Waals surface area (Å²) >= 11 is 0. The molecule has 1 saturated heterocycles. The maximum Gasteiger partial charge on any atom is 0.239 e. The number of amides is 1. The van der Waals surface area contributed by atoms with Crippen LogP contribution in [0.3, 0.4) is 0 Å². The summed E-state index contributed by atoms with van der Waals surface area (Å²) in [6, 6.07) is 0. The van der Waals surface area contributed by atoms with Crippen molar-refractivity contribution >= 4 is 21.6 Å². The van der Waals surface area contributed by atoms with Crippen molar-refractivity contribution in [3.8, 4) is 0 Å². The molecule has 1 fully saturated rings. The first kappa shape index (κ1) is 14.7. The largest absolute Gasteiger partial charge is 0.409 e. The van der Waals surface area contributed by atoms with E-state index in [0.717, 1.165) is 0 Å². The number of hydrogen-bond acceptors (Lipinski definition) is 5. The van der Waals surface area contributed by atoms with E-state index in [1.165, 1.54) is 13.8 Å². The van der Waals surface area contributed by atoms with Crippen molar-refractivity contribution in [2.75, 3.05) is 5.75 Å². The lowest BCUT2D eigenvalue weighted by Gasteiger charge is -2.28. The summed E-state index contributed by atoms with van der Waals surface area (Å²) in [5.41, 5.74) is 4.35.